The van der Waals surface area contributed by atoms with Crippen molar-refractivity contribution in [2.24, 2.45) is 4.99 Å². The molecule has 9 heteroatoms. The number of benzene rings is 1. The molecule has 0 unspecified atom stereocenters. The molecule has 0 bridgehead atoms. The van der Waals surface area contributed by atoms with E-state index >= 15 is 0 Å². The van der Waals surface area contributed by atoms with Crippen LogP contribution in [0, 0.1) is 0 Å². The van der Waals surface area contributed by atoms with Crippen LogP contribution in [0.25, 0.3) is 0 Å². The summed E-state index contributed by atoms with van der Waals surface area (Å²) in [6.07, 6.45) is 4.87. The van der Waals surface area contributed by atoms with Gasteiger partial charge in [0.15, 0.2) is 5.96 Å². The molecule has 3 rings (SSSR count). The summed E-state index contributed by atoms with van der Waals surface area (Å²) in [6.45, 7) is 2.49. The summed E-state index contributed by atoms with van der Waals surface area (Å²) in [5.74, 6) is 0.589. The molecule has 0 spiro atoms. The highest BCUT2D eigenvalue weighted by Gasteiger charge is 2.16. The van der Waals surface area contributed by atoms with Gasteiger partial charge in [-0.15, -0.1) is 0 Å². The number of para-hydroxylation sites is 1. The average Bonchev–Trinajstić information content (AvgIpc) is 3.18. The smallest absolute Gasteiger partial charge is 0.217 e. The molecular weight excluding hydrogens is 366 g/mol. The molecule has 0 saturated carbocycles. The van der Waals surface area contributed by atoms with Gasteiger partial charge >= 0.3 is 0 Å². The summed E-state index contributed by atoms with van der Waals surface area (Å²) in [4.78, 5) is 6.84. The van der Waals surface area contributed by atoms with Gasteiger partial charge in [0.1, 0.15) is 12.0 Å². The molecule has 1 saturated heterocycles. The Labute approximate surface area is 159 Å². The first kappa shape index (κ1) is 19.4. The SMILES string of the molecule is O=S(=O)(Cc1ccon1)NCCN=C(Nc1ccccc1)N1CCCCC1. The van der Waals surface area contributed by atoms with Crippen LogP contribution in [-0.2, 0) is 15.8 Å². The Kier molecular flexibility index (Phi) is 6.83. The minimum atomic E-state index is -3.46. The molecule has 146 valence electrons. The lowest BCUT2D eigenvalue weighted by atomic mass is 10.1. The van der Waals surface area contributed by atoms with E-state index in [4.69, 9.17) is 0 Å². The number of hydrogen-bond donors (Lipinski definition) is 2. The molecule has 0 aliphatic carbocycles. The zero-order chi connectivity index (χ0) is 19.0. The normalized spacial score (nSPS) is 15.7. The second-order valence-electron chi connectivity index (χ2n) is 6.39. The Morgan fingerprint density at radius 1 is 1.15 bits per heavy atom. The van der Waals surface area contributed by atoms with Crippen molar-refractivity contribution in [3.63, 3.8) is 0 Å². The van der Waals surface area contributed by atoms with E-state index < -0.39 is 10.0 Å². The predicted octanol–water partition coefficient (Wildman–Crippen LogP) is 2.05. The molecule has 2 N–H and O–H groups in total. The Hall–Kier alpha value is -2.39. The number of aliphatic imine (C=N–C) groups is 1. The molecular formula is C18H25N5O3S. The van der Waals surface area contributed by atoms with Crippen LogP contribution in [0.1, 0.15) is 25.0 Å². The van der Waals surface area contributed by atoms with Gasteiger partial charge in [0.25, 0.3) is 0 Å². The van der Waals surface area contributed by atoms with Gasteiger partial charge in [0, 0.05) is 31.4 Å². The number of nitrogens with zero attached hydrogens (tertiary/aromatic N) is 3. The fourth-order valence-corrected chi connectivity index (χ4v) is 3.94. The van der Waals surface area contributed by atoms with Gasteiger partial charge in [-0.3, -0.25) is 4.99 Å². The van der Waals surface area contributed by atoms with E-state index in [0.29, 0.717) is 12.2 Å². The summed E-state index contributed by atoms with van der Waals surface area (Å²) >= 11 is 0. The van der Waals surface area contributed by atoms with Gasteiger partial charge < -0.3 is 14.7 Å². The van der Waals surface area contributed by atoms with Crippen molar-refractivity contribution in [2.45, 2.75) is 25.0 Å². The minimum absolute atomic E-state index is 0.200. The van der Waals surface area contributed by atoms with Gasteiger partial charge in [-0.05, 0) is 31.4 Å². The second-order valence-corrected chi connectivity index (χ2v) is 8.20. The van der Waals surface area contributed by atoms with Crippen LogP contribution in [0.15, 0.2) is 52.2 Å². The number of aromatic nitrogens is 1. The van der Waals surface area contributed by atoms with Crippen molar-refractivity contribution in [3.05, 3.63) is 48.4 Å². The maximum Gasteiger partial charge on any atom is 0.217 e. The van der Waals surface area contributed by atoms with Crippen molar-refractivity contribution in [2.75, 3.05) is 31.5 Å². The van der Waals surface area contributed by atoms with E-state index in [1.807, 2.05) is 30.3 Å². The standard InChI is InChI=1S/C18H25N5O3S/c24-27(25,15-17-9-14-26-22-17)20-11-10-19-18(23-12-5-2-6-13-23)21-16-7-3-1-4-8-16/h1,3-4,7-9,14,20H,2,5-6,10-13,15H2,(H,19,21). The molecule has 1 aromatic carbocycles. The molecule has 2 heterocycles. The predicted molar refractivity (Wildman–Crippen MR) is 105 cm³/mol. The first-order valence-electron chi connectivity index (χ1n) is 9.10. The van der Waals surface area contributed by atoms with Gasteiger partial charge in [-0.1, -0.05) is 23.4 Å². The van der Waals surface area contributed by atoms with Gasteiger partial charge in [-0.2, -0.15) is 0 Å². The maximum absolute atomic E-state index is 12.1. The Balaban J connectivity index is 1.57. The van der Waals surface area contributed by atoms with Gasteiger partial charge in [0.2, 0.25) is 10.0 Å². The fourth-order valence-electron chi connectivity index (χ4n) is 2.90. The molecule has 1 aromatic heterocycles. The lowest BCUT2D eigenvalue weighted by Crippen LogP contribution is -2.40. The Morgan fingerprint density at radius 3 is 2.63 bits per heavy atom. The highest BCUT2D eigenvalue weighted by atomic mass is 32.2. The lowest BCUT2D eigenvalue weighted by Gasteiger charge is -2.30. The second kappa shape index (κ2) is 9.52. The number of likely N-dealkylation sites (tertiary alicyclic amines) is 1. The van der Waals surface area contributed by atoms with Crippen molar-refractivity contribution in [1.29, 1.82) is 0 Å². The van der Waals surface area contributed by atoms with Crippen LogP contribution in [0.3, 0.4) is 0 Å². The zero-order valence-corrected chi connectivity index (χ0v) is 16.0. The van der Waals surface area contributed by atoms with E-state index in [2.05, 4.69) is 29.6 Å². The van der Waals surface area contributed by atoms with Crippen LogP contribution < -0.4 is 10.0 Å². The van der Waals surface area contributed by atoms with Crippen LogP contribution in [0.2, 0.25) is 0 Å². The quantitative estimate of drug-likeness (QED) is 0.426. The molecule has 1 fully saturated rings. The number of rotatable bonds is 7. The number of piperidine rings is 1. The summed E-state index contributed by atoms with van der Waals surface area (Å²) < 4.78 is 31.4. The van der Waals surface area contributed by atoms with Crippen molar-refractivity contribution in [1.82, 2.24) is 14.8 Å². The molecule has 0 atom stereocenters. The number of nitrogens with one attached hydrogen (secondary N) is 2. The first-order valence-corrected chi connectivity index (χ1v) is 10.8. The third-order valence-electron chi connectivity index (χ3n) is 4.21. The number of anilines is 1. The molecule has 0 amide bonds. The fraction of sp³-hybridized carbons (Fsp3) is 0.444. The van der Waals surface area contributed by atoms with Gasteiger partial charge in [-0.25, -0.2) is 13.1 Å². The monoisotopic (exact) mass is 391 g/mol. The highest BCUT2D eigenvalue weighted by Crippen LogP contribution is 2.12. The topological polar surface area (TPSA) is 99.8 Å². The third-order valence-corrected chi connectivity index (χ3v) is 5.53. The highest BCUT2D eigenvalue weighted by molar-refractivity contribution is 7.88. The largest absolute Gasteiger partial charge is 0.364 e. The van der Waals surface area contributed by atoms with Crippen LogP contribution >= 0.6 is 0 Å². The zero-order valence-electron chi connectivity index (χ0n) is 15.2. The molecule has 8 nitrogen and oxygen atoms in total. The van der Waals surface area contributed by atoms with E-state index in [0.717, 1.165) is 37.6 Å². The van der Waals surface area contributed by atoms with Crippen molar-refractivity contribution < 1.29 is 12.9 Å². The van der Waals surface area contributed by atoms with Crippen LogP contribution in [-0.4, -0.2) is 50.6 Å². The molecule has 2 aromatic rings. The van der Waals surface area contributed by atoms with Gasteiger partial charge in [0.05, 0.1) is 12.2 Å². The van der Waals surface area contributed by atoms with E-state index in [1.54, 1.807) is 0 Å². The number of hydrogen-bond acceptors (Lipinski definition) is 5. The van der Waals surface area contributed by atoms with Crippen LogP contribution in [0.5, 0.6) is 0 Å². The van der Waals surface area contributed by atoms with Crippen molar-refractivity contribution in [3.8, 4) is 0 Å². The third kappa shape index (κ3) is 6.37. The summed E-state index contributed by atoms with van der Waals surface area (Å²) in [7, 11) is -3.46. The van der Waals surface area contributed by atoms with E-state index in [-0.39, 0.29) is 12.3 Å². The first-order chi connectivity index (χ1) is 13.1. The molecule has 27 heavy (non-hydrogen) atoms. The summed E-state index contributed by atoms with van der Waals surface area (Å²) in [6, 6.07) is 11.4. The van der Waals surface area contributed by atoms with Crippen molar-refractivity contribution >= 4 is 21.7 Å². The Morgan fingerprint density at radius 2 is 1.93 bits per heavy atom. The lowest BCUT2D eigenvalue weighted by molar-refractivity contribution is 0.340. The summed E-state index contributed by atoms with van der Waals surface area (Å²) in [5, 5.41) is 6.99. The van der Waals surface area contributed by atoms with Crippen LogP contribution in [0.4, 0.5) is 5.69 Å². The summed E-state index contributed by atoms with van der Waals surface area (Å²) in [5.41, 5.74) is 1.35. The molecule has 1 aliphatic rings. The average molecular weight is 391 g/mol. The minimum Gasteiger partial charge on any atom is -0.364 e. The number of guanidine groups is 1. The van der Waals surface area contributed by atoms with E-state index in [1.165, 1.54) is 18.8 Å². The molecule has 1 aliphatic heterocycles. The molecule has 0 radical (unpaired) electrons. The van der Waals surface area contributed by atoms with E-state index in [9.17, 15) is 8.42 Å². The number of sulfonamides is 1. The Bertz CT molecular complexity index is 816. The maximum atomic E-state index is 12.1.